The van der Waals surface area contributed by atoms with E-state index in [2.05, 4.69) is 4.74 Å². The molecule has 0 aliphatic rings. The third-order valence-corrected chi connectivity index (χ3v) is 3.07. The molecule has 0 unspecified atom stereocenters. The first-order valence-electron chi connectivity index (χ1n) is 7.68. The van der Waals surface area contributed by atoms with E-state index in [1.54, 1.807) is 19.5 Å². The van der Waals surface area contributed by atoms with E-state index in [-0.39, 0.29) is 5.97 Å². The third-order valence-electron chi connectivity index (χ3n) is 3.07. The lowest BCUT2D eigenvalue weighted by molar-refractivity contribution is -0.140. The fourth-order valence-electron chi connectivity index (χ4n) is 2.02. The summed E-state index contributed by atoms with van der Waals surface area (Å²) in [5, 5.41) is 2.33. The SMILES string of the molecule is CCOC(C)=O.c1ccc2occc2c1.c1ccc2occc2c1. The second-order valence-electron chi connectivity index (χ2n) is 4.84. The first-order chi connectivity index (χ1) is 11.7. The van der Waals surface area contributed by atoms with Gasteiger partial charge in [-0.25, -0.2) is 0 Å². The summed E-state index contributed by atoms with van der Waals surface area (Å²) >= 11 is 0. The maximum Gasteiger partial charge on any atom is 0.302 e. The number of furan rings is 2. The normalized spacial score (nSPS) is 9.58. The van der Waals surface area contributed by atoms with Crippen LogP contribution in [0.2, 0.25) is 0 Å². The molecule has 0 N–H and O–H groups in total. The molecule has 2 aromatic carbocycles. The highest BCUT2D eigenvalue weighted by Gasteiger charge is 1.90. The molecular formula is C20H20O4. The van der Waals surface area contributed by atoms with Crippen LogP contribution in [0.1, 0.15) is 13.8 Å². The van der Waals surface area contributed by atoms with Crippen LogP contribution in [-0.2, 0) is 9.53 Å². The van der Waals surface area contributed by atoms with Crippen molar-refractivity contribution in [1.29, 1.82) is 0 Å². The van der Waals surface area contributed by atoms with Crippen LogP contribution >= 0.6 is 0 Å². The van der Waals surface area contributed by atoms with Crippen molar-refractivity contribution in [1.82, 2.24) is 0 Å². The number of ether oxygens (including phenoxy) is 1. The molecule has 0 spiro atoms. The van der Waals surface area contributed by atoms with E-state index in [4.69, 9.17) is 8.83 Å². The summed E-state index contributed by atoms with van der Waals surface area (Å²) in [7, 11) is 0. The van der Waals surface area contributed by atoms with Crippen molar-refractivity contribution in [2.45, 2.75) is 13.8 Å². The maximum absolute atomic E-state index is 9.82. The Balaban J connectivity index is 0.000000134. The number of benzene rings is 2. The number of carbonyl (C=O) groups excluding carboxylic acids is 1. The molecule has 0 aliphatic heterocycles. The van der Waals surface area contributed by atoms with Gasteiger partial charge in [-0.05, 0) is 31.2 Å². The van der Waals surface area contributed by atoms with E-state index in [0.717, 1.165) is 21.9 Å². The molecule has 0 saturated carbocycles. The van der Waals surface area contributed by atoms with Crippen LogP contribution in [0, 0.1) is 0 Å². The minimum atomic E-state index is -0.211. The van der Waals surface area contributed by atoms with Gasteiger partial charge >= 0.3 is 5.97 Å². The average molecular weight is 324 g/mol. The molecule has 0 radical (unpaired) electrons. The predicted octanol–water partition coefficient (Wildman–Crippen LogP) is 5.44. The van der Waals surface area contributed by atoms with Crippen LogP contribution in [0.3, 0.4) is 0 Å². The van der Waals surface area contributed by atoms with Crippen molar-refractivity contribution in [2.24, 2.45) is 0 Å². The van der Waals surface area contributed by atoms with Crippen LogP contribution in [0.5, 0.6) is 0 Å². The zero-order chi connectivity index (χ0) is 17.2. The second-order valence-corrected chi connectivity index (χ2v) is 4.84. The van der Waals surface area contributed by atoms with Gasteiger partial charge in [-0.2, -0.15) is 0 Å². The van der Waals surface area contributed by atoms with Crippen molar-refractivity contribution in [3.05, 3.63) is 73.2 Å². The summed E-state index contributed by atoms with van der Waals surface area (Å²) in [5.74, 6) is -0.211. The standard InChI is InChI=1S/2C8H6O.C4H8O2/c2*1-2-4-8-7(3-1)5-6-9-8;1-3-6-4(2)5/h2*1-6H;3H2,1-2H3. The minimum absolute atomic E-state index is 0.211. The smallest absolute Gasteiger partial charge is 0.302 e. The Kier molecular flexibility index (Phi) is 6.65. The zero-order valence-corrected chi connectivity index (χ0v) is 13.8. The molecule has 4 rings (SSSR count). The molecule has 0 aliphatic carbocycles. The topological polar surface area (TPSA) is 52.6 Å². The molecule has 4 aromatic rings. The summed E-state index contributed by atoms with van der Waals surface area (Å²) in [6.45, 7) is 3.65. The highest BCUT2D eigenvalue weighted by atomic mass is 16.5. The predicted molar refractivity (Wildman–Crippen MR) is 94.7 cm³/mol. The van der Waals surface area contributed by atoms with Crippen molar-refractivity contribution in [2.75, 3.05) is 6.61 Å². The fourth-order valence-corrected chi connectivity index (χ4v) is 2.02. The van der Waals surface area contributed by atoms with Gasteiger partial charge in [0, 0.05) is 17.7 Å². The van der Waals surface area contributed by atoms with E-state index in [9.17, 15) is 4.79 Å². The molecule has 2 aromatic heterocycles. The number of esters is 1. The van der Waals surface area contributed by atoms with Crippen molar-refractivity contribution in [3.8, 4) is 0 Å². The van der Waals surface area contributed by atoms with E-state index in [0.29, 0.717) is 6.61 Å². The highest BCUT2D eigenvalue weighted by molar-refractivity contribution is 5.77. The summed E-state index contributed by atoms with van der Waals surface area (Å²) in [5.41, 5.74) is 1.91. The molecule has 0 fully saturated rings. The Labute approximate surface area is 140 Å². The van der Waals surface area contributed by atoms with Crippen LogP contribution in [0.25, 0.3) is 21.9 Å². The Morgan fingerprint density at radius 1 is 0.833 bits per heavy atom. The quantitative estimate of drug-likeness (QED) is 0.438. The molecule has 0 amide bonds. The lowest BCUT2D eigenvalue weighted by Gasteiger charge is -1.89. The number of fused-ring (bicyclic) bond motifs is 2. The molecule has 4 heteroatoms. The van der Waals surface area contributed by atoms with Gasteiger partial charge < -0.3 is 13.6 Å². The number of para-hydroxylation sites is 2. The maximum atomic E-state index is 9.82. The van der Waals surface area contributed by atoms with Gasteiger partial charge in [0.25, 0.3) is 0 Å². The first kappa shape index (κ1) is 17.3. The van der Waals surface area contributed by atoms with E-state index < -0.39 is 0 Å². The summed E-state index contributed by atoms with van der Waals surface area (Å²) in [6.07, 6.45) is 3.40. The number of hydrogen-bond donors (Lipinski definition) is 0. The largest absolute Gasteiger partial charge is 0.466 e. The van der Waals surface area contributed by atoms with E-state index in [1.807, 2.05) is 60.7 Å². The van der Waals surface area contributed by atoms with Crippen LogP contribution < -0.4 is 0 Å². The van der Waals surface area contributed by atoms with Crippen LogP contribution in [-0.4, -0.2) is 12.6 Å². The van der Waals surface area contributed by atoms with Gasteiger partial charge in [0.1, 0.15) is 11.2 Å². The Bertz CT molecular complexity index is 747. The van der Waals surface area contributed by atoms with Crippen molar-refractivity contribution in [3.63, 3.8) is 0 Å². The Morgan fingerprint density at radius 3 is 1.62 bits per heavy atom. The van der Waals surface area contributed by atoms with Gasteiger partial charge in [-0.3, -0.25) is 4.79 Å². The second kappa shape index (κ2) is 9.20. The zero-order valence-electron chi connectivity index (χ0n) is 13.8. The summed E-state index contributed by atoms with van der Waals surface area (Å²) in [6, 6.07) is 19.8. The number of hydrogen-bond acceptors (Lipinski definition) is 4. The monoisotopic (exact) mass is 324 g/mol. The number of carbonyl (C=O) groups is 1. The molecule has 24 heavy (non-hydrogen) atoms. The molecule has 4 nitrogen and oxygen atoms in total. The van der Waals surface area contributed by atoms with E-state index in [1.165, 1.54) is 6.92 Å². The highest BCUT2D eigenvalue weighted by Crippen LogP contribution is 2.13. The molecular weight excluding hydrogens is 304 g/mol. The van der Waals surface area contributed by atoms with Gasteiger partial charge in [0.15, 0.2) is 0 Å². The molecule has 124 valence electrons. The van der Waals surface area contributed by atoms with Crippen LogP contribution in [0.15, 0.2) is 82.0 Å². The van der Waals surface area contributed by atoms with E-state index >= 15 is 0 Å². The Hall–Kier alpha value is -3.01. The molecule has 2 heterocycles. The third kappa shape index (κ3) is 5.32. The summed E-state index contributed by atoms with van der Waals surface area (Å²) in [4.78, 5) is 9.82. The van der Waals surface area contributed by atoms with Crippen molar-refractivity contribution >= 4 is 27.9 Å². The number of rotatable bonds is 1. The lowest BCUT2D eigenvalue weighted by Crippen LogP contribution is -1.95. The molecule has 0 saturated heterocycles. The van der Waals surface area contributed by atoms with Crippen LogP contribution in [0.4, 0.5) is 0 Å². The van der Waals surface area contributed by atoms with Gasteiger partial charge in [0.05, 0.1) is 19.1 Å². The summed E-state index contributed by atoms with van der Waals surface area (Å²) < 4.78 is 14.6. The van der Waals surface area contributed by atoms with Gasteiger partial charge in [-0.15, -0.1) is 0 Å². The molecule has 0 bridgehead atoms. The van der Waals surface area contributed by atoms with Crippen molar-refractivity contribution < 1.29 is 18.4 Å². The lowest BCUT2D eigenvalue weighted by atomic mass is 10.3. The average Bonchev–Trinajstić information content (AvgIpc) is 3.25. The minimum Gasteiger partial charge on any atom is -0.466 e. The van der Waals surface area contributed by atoms with Gasteiger partial charge in [0.2, 0.25) is 0 Å². The first-order valence-corrected chi connectivity index (χ1v) is 7.68. The fraction of sp³-hybridized carbons (Fsp3) is 0.150. The van der Waals surface area contributed by atoms with Gasteiger partial charge in [-0.1, -0.05) is 36.4 Å². The molecule has 0 atom stereocenters. The Morgan fingerprint density at radius 2 is 1.29 bits per heavy atom.